The number of piperazine rings is 1. The van der Waals surface area contributed by atoms with E-state index in [1.165, 1.54) is 28.9 Å². The summed E-state index contributed by atoms with van der Waals surface area (Å²) in [6.45, 7) is 13.5. The van der Waals surface area contributed by atoms with Crippen LogP contribution in [0.15, 0.2) is 23.1 Å². The van der Waals surface area contributed by atoms with Gasteiger partial charge in [0, 0.05) is 45.8 Å². The molecular formula is C21H35ClN4O3S. The highest BCUT2D eigenvalue weighted by molar-refractivity contribution is 7.89. The predicted molar refractivity (Wildman–Crippen MR) is 122 cm³/mol. The van der Waals surface area contributed by atoms with Crippen LogP contribution < -0.4 is 5.32 Å². The fourth-order valence-corrected chi connectivity index (χ4v) is 5.39. The minimum absolute atomic E-state index is 0.0886. The van der Waals surface area contributed by atoms with Crippen molar-refractivity contribution in [2.75, 3.05) is 58.9 Å². The summed E-state index contributed by atoms with van der Waals surface area (Å²) in [6, 6.07) is 4.30. The first-order valence-corrected chi connectivity index (χ1v) is 12.7. The molecule has 0 aliphatic carbocycles. The molecule has 0 bridgehead atoms. The lowest BCUT2D eigenvalue weighted by atomic mass is 10.2. The zero-order valence-corrected chi connectivity index (χ0v) is 19.9. The zero-order valence-electron chi connectivity index (χ0n) is 18.4. The van der Waals surface area contributed by atoms with E-state index in [-0.39, 0.29) is 21.4 Å². The maximum atomic E-state index is 12.7. The van der Waals surface area contributed by atoms with Crippen LogP contribution in [0.4, 0.5) is 0 Å². The van der Waals surface area contributed by atoms with E-state index >= 15 is 0 Å². The maximum absolute atomic E-state index is 12.7. The fraction of sp³-hybridized carbons (Fsp3) is 0.667. The van der Waals surface area contributed by atoms with Crippen molar-refractivity contribution in [2.24, 2.45) is 0 Å². The molecule has 1 aliphatic rings. The van der Waals surface area contributed by atoms with Crippen molar-refractivity contribution in [3.63, 3.8) is 0 Å². The molecule has 0 unspecified atom stereocenters. The first-order valence-electron chi connectivity index (χ1n) is 10.9. The first-order chi connectivity index (χ1) is 14.3. The van der Waals surface area contributed by atoms with Crippen molar-refractivity contribution in [3.05, 3.63) is 28.8 Å². The summed E-state index contributed by atoms with van der Waals surface area (Å²) in [4.78, 5) is 17.6. The third-order valence-corrected chi connectivity index (χ3v) is 7.84. The summed E-state index contributed by atoms with van der Waals surface area (Å²) in [6.07, 6.45) is 2.03. The number of carbonyl (C=O) groups is 1. The lowest BCUT2D eigenvalue weighted by molar-refractivity contribution is 0.0947. The predicted octanol–water partition coefficient (Wildman–Crippen LogP) is 2.52. The van der Waals surface area contributed by atoms with E-state index in [0.717, 1.165) is 45.7 Å². The summed E-state index contributed by atoms with van der Waals surface area (Å²) >= 11 is 6.18. The second-order valence-corrected chi connectivity index (χ2v) is 9.87. The molecule has 1 aromatic carbocycles. The Morgan fingerprint density at radius 2 is 1.67 bits per heavy atom. The Morgan fingerprint density at radius 1 is 1.07 bits per heavy atom. The molecule has 0 radical (unpaired) electrons. The van der Waals surface area contributed by atoms with Crippen LogP contribution in [0.5, 0.6) is 0 Å². The van der Waals surface area contributed by atoms with Crippen molar-refractivity contribution in [1.82, 2.24) is 19.4 Å². The monoisotopic (exact) mass is 458 g/mol. The highest BCUT2D eigenvalue weighted by atomic mass is 35.5. The first kappa shape index (κ1) is 25.1. The van der Waals surface area contributed by atoms with Gasteiger partial charge in [0.05, 0.1) is 15.5 Å². The quantitative estimate of drug-likeness (QED) is 0.516. The van der Waals surface area contributed by atoms with E-state index in [0.29, 0.717) is 19.6 Å². The molecule has 7 nitrogen and oxygen atoms in total. The normalized spacial score (nSPS) is 16.2. The van der Waals surface area contributed by atoms with Crippen LogP contribution >= 0.6 is 11.6 Å². The van der Waals surface area contributed by atoms with Crippen molar-refractivity contribution >= 4 is 27.5 Å². The molecule has 1 amide bonds. The van der Waals surface area contributed by atoms with Gasteiger partial charge in [0.2, 0.25) is 10.0 Å². The molecule has 30 heavy (non-hydrogen) atoms. The van der Waals surface area contributed by atoms with Gasteiger partial charge in [-0.15, -0.1) is 0 Å². The highest BCUT2D eigenvalue weighted by Crippen LogP contribution is 2.23. The van der Waals surface area contributed by atoms with Crippen molar-refractivity contribution < 1.29 is 13.2 Å². The molecule has 9 heteroatoms. The van der Waals surface area contributed by atoms with Gasteiger partial charge in [0.25, 0.3) is 5.91 Å². The van der Waals surface area contributed by atoms with Gasteiger partial charge in [-0.3, -0.25) is 4.79 Å². The summed E-state index contributed by atoms with van der Waals surface area (Å²) in [5, 5.41) is 3.12. The SMILES string of the molecule is CCCN1CCN(CCCNC(=O)c2cc(S(=O)(=O)N(CC)CC)ccc2Cl)CC1. The Bertz CT molecular complexity index is 791. The highest BCUT2D eigenvalue weighted by Gasteiger charge is 2.24. The molecule has 0 aromatic heterocycles. The number of benzene rings is 1. The van der Waals surface area contributed by atoms with Crippen molar-refractivity contribution in [1.29, 1.82) is 0 Å². The van der Waals surface area contributed by atoms with Gasteiger partial charge in [0.1, 0.15) is 0 Å². The Hall–Kier alpha value is -1.19. The van der Waals surface area contributed by atoms with E-state index in [2.05, 4.69) is 22.0 Å². The lowest BCUT2D eigenvalue weighted by Gasteiger charge is -2.34. The summed E-state index contributed by atoms with van der Waals surface area (Å²) < 4.78 is 26.8. The smallest absolute Gasteiger partial charge is 0.252 e. The van der Waals surface area contributed by atoms with Gasteiger partial charge >= 0.3 is 0 Å². The molecule has 1 N–H and O–H groups in total. The zero-order chi connectivity index (χ0) is 22.1. The van der Waals surface area contributed by atoms with Crippen LogP contribution in [0.2, 0.25) is 5.02 Å². The maximum Gasteiger partial charge on any atom is 0.252 e. The van der Waals surface area contributed by atoms with E-state index in [9.17, 15) is 13.2 Å². The second kappa shape index (κ2) is 12.0. The summed E-state index contributed by atoms with van der Waals surface area (Å²) in [7, 11) is -3.64. The third kappa shape index (κ3) is 6.65. The largest absolute Gasteiger partial charge is 0.352 e. The van der Waals surface area contributed by atoms with Crippen LogP contribution in [0.1, 0.15) is 44.0 Å². The molecule has 1 aliphatic heterocycles. The molecule has 1 aromatic rings. The Labute approximate surface area is 186 Å². The van der Waals surface area contributed by atoms with Gasteiger partial charge in [0.15, 0.2) is 0 Å². The number of halogens is 1. The van der Waals surface area contributed by atoms with E-state index in [1.54, 1.807) is 13.8 Å². The number of hydrogen-bond acceptors (Lipinski definition) is 5. The molecule has 0 saturated carbocycles. The van der Waals surface area contributed by atoms with Gasteiger partial charge in [-0.1, -0.05) is 32.4 Å². The van der Waals surface area contributed by atoms with Gasteiger partial charge < -0.3 is 15.1 Å². The molecule has 1 fully saturated rings. The topological polar surface area (TPSA) is 73.0 Å². The average Bonchev–Trinajstić information content (AvgIpc) is 2.73. The van der Waals surface area contributed by atoms with Gasteiger partial charge in [-0.05, 0) is 44.1 Å². The van der Waals surface area contributed by atoms with Crippen LogP contribution in [0, 0.1) is 0 Å². The second-order valence-electron chi connectivity index (χ2n) is 7.52. The third-order valence-electron chi connectivity index (χ3n) is 5.47. The van der Waals surface area contributed by atoms with Gasteiger partial charge in [-0.2, -0.15) is 4.31 Å². The number of rotatable bonds is 11. The fourth-order valence-electron chi connectivity index (χ4n) is 3.70. The van der Waals surface area contributed by atoms with Crippen LogP contribution in [-0.2, 0) is 10.0 Å². The standard InChI is InChI=1S/C21H35ClN4O3S/c1-4-11-24-13-15-25(16-14-24)12-7-10-23-21(27)19-17-18(8-9-20(19)22)30(28,29)26(5-2)6-3/h8-9,17H,4-7,10-16H2,1-3H3,(H,23,27). The molecule has 0 atom stereocenters. The average molecular weight is 459 g/mol. The lowest BCUT2D eigenvalue weighted by Crippen LogP contribution is -2.47. The van der Waals surface area contributed by atoms with Gasteiger partial charge in [-0.25, -0.2) is 8.42 Å². The van der Waals surface area contributed by atoms with Crippen molar-refractivity contribution in [3.8, 4) is 0 Å². The summed E-state index contributed by atoms with van der Waals surface area (Å²) in [5.74, 6) is -0.343. The number of sulfonamides is 1. The van der Waals surface area contributed by atoms with Crippen LogP contribution in [0.3, 0.4) is 0 Å². The Balaban J connectivity index is 1.88. The number of nitrogens with one attached hydrogen (secondary N) is 1. The molecule has 0 spiro atoms. The molecule has 1 heterocycles. The van der Waals surface area contributed by atoms with Crippen molar-refractivity contribution in [2.45, 2.75) is 38.5 Å². The minimum atomic E-state index is -3.64. The molecule has 1 saturated heterocycles. The molecule has 2 rings (SSSR count). The van der Waals surface area contributed by atoms with Crippen LogP contribution in [-0.4, -0.2) is 87.3 Å². The van der Waals surface area contributed by atoms with E-state index in [4.69, 9.17) is 11.6 Å². The van der Waals surface area contributed by atoms with Crippen LogP contribution in [0.25, 0.3) is 0 Å². The number of carbonyl (C=O) groups excluding carboxylic acids is 1. The number of hydrogen-bond donors (Lipinski definition) is 1. The number of amides is 1. The number of nitrogens with zero attached hydrogens (tertiary/aromatic N) is 3. The van der Waals surface area contributed by atoms with E-state index in [1.807, 2.05) is 0 Å². The minimum Gasteiger partial charge on any atom is -0.352 e. The Kier molecular flexibility index (Phi) is 10.0. The summed E-state index contributed by atoms with van der Waals surface area (Å²) in [5.41, 5.74) is 0.193. The molecular weight excluding hydrogens is 424 g/mol. The molecule has 170 valence electrons. The Morgan fingerprint density at radius 3 is 2.23 bits per heavy atom. The van der Waals surface area contributed by atoms with E-state index < -0.39 is 10.0 Å².